The highest BCUT2D eigenvalue weighted by molar-refractivity contribution is 6.35. The Kier molecular flexibility index (Phi) is 5.55. The Morgan fingerprint density at radius 1 is 1.12 bits per heavy atom. The van der Waals surface area contributed by atoms with E-state index >= 15 is 0 Å². The predicted octanol–water partition coefficient (Wildman–Crippen LogP) is 3.97. The topological polar surface area (TPSA) is 73.2 Å². The van der Waals surface area contributed by atoms with Gasteiger partial charge in [-0.25, -0.2) is 9.48 Å². The Morgan fingerprint density at radius 3 is 2.58 bits per heavy atom. The van der Waals surface area contributed by atoms with Crippen LogP contribution in [-0.2, 0) is 9.53 Å². The summed E-state index contributed by atoms with van der Waals surface area (Å²) < 4.78 is 6.68. The van der Waals surface area contributed by atoms with Crippen LogP contribution in [0.3, 0.4) is 0 Å². The predicted molar refractivity (Wildman–Crippen MR) is 98.9 cm³/mol. The number of benzene rings is 2. The first-order valence-electron chi connectivity index (χ1n) is 7.55. The Bertz CT molecular complexity index is 925. The van der Waals surface area contributed by atoms with Gasteiger partial charge in [0.15, 0.2) is 6.61 Å². The van der Waals surface area contributed by atoms with Gasteiger partial charge in [-0.15, -0.1) is 0 Å². The molecule has 0 bridgehead atoms. The summed E-state index contributed by atoms with van der Waals surface area (Å²) in [7, 11) is 0. The summed E-state index contributed by atoms with van der Waals surface area (Å²) in [6.07, 6.45) is 3.45. The van der Waals surface area contributed by atoms with Crippen LogP contribution < -0.4 is 5.32 Å². The SMILES string of the molecule is O=C(COC(=O)c1ccc(-n2cccn2)cc1)Nc1cc(Cl)ccc1Cl. The number of esters is 1. The second-order valence-electron chi connectivity index (χ2n) is 5.25. The van der Waals surface area contributed by atoms with Crippen molar-refractivity contribution < 1.29 is 14.3 Å². The minimum absolute atomic E-state index is 0.328. The van der Waals surface area contributed by atoms with E-state index in [0.717, 1.165) is 5.69 Å². The van der Waals surface area contributed by atoms with E-state index in [9.17, 15) is 9.59 Å². The summed E-state index contributed by atoms with van der Waals surface area (Å²) in [5.74, 6) is -1.12. The Hall–Kier alpha value is -2.83. The minimum Gasteiger partial charge on any atom is -0.452 e. The summed E-state index contributed by atoms with van der Waals surface area (Å²) >= 11 is 11.8. The number of rotatable bonds is 5. The lowest BCUT2D eigenvalue weighted by Gasteiger charge is -2.09. The van der Waals surface area contributed by atoms with Gasteiger partial charge in [0.25, 0.3) is 5.91 Å². The van der Waals surface area contributed by atoms with Crippen LogP contribution in [0.25, 0.3) is 5.69 Å². The molecule has 3 aromatic rings. The van der Waals surface area contributed by atoms with Crippen molar-refractivity contribution >= 4 is 40.8 Å². The van der Waals surface area contributed by atoms with Gasteiger partial charge in [0.2, 0.25) is 0 Å². The van der Waals surface area contributed by atoms with E-state index < -0.39 is 18.5 Å². The van der Waals surface area contributed by atoms with Gasteiger partial charge < -0.3 is 10.1 Å². The maximum atomic E-state index is 12.0. The molecule has 0 aliphatic heterocycles. The number of hydrogen-bond donors (Lipinski definition) is 1. The second kappa shape index (κ2) is 8.03. The summed E-state index contributed by atoms with van der Waals surface area (Å²) in [4.78, 5) is 24.0. The van der Waals surface area contributed by atoms with Crippen molar-refractivity contribution in [3.8, 4) is 5.69 Å². The van der Waals surface area contributed by atoms with E-state index in [2.05, 4.69) is 10.4 Å². The van der Waals surface area contributed by atoms with Crippen LogP contribution >= 0.6 is 23.2 Å². The molecule has 0 saturated carbocycles. The van der Waals surface area contributed by atoms with E-state index in [4.69, 9.17) is 27.9 Å². The summed E-state index contributed by atoms with van der Waals surface area (Å²) in [6, 6.07) is 13.1. The zero-order chi connectivity index (χ0) is 18.5. The number of nitrogens with one attached hydrogen (secondary N) is 1. The molecule has 0 unspecified atom stereocenters. The highest BCUT2D eigenvalue weighted by Gasteiger charge is 2.12. The Balaban J connectivity index is 1.56. The van der Waals surface area contributed by atoms with Crippen LogP contribution in [0.2, 0.25) is 10.0 Å². The Morgan fingerprint density at radius 2 is 1.88 bits per heavy atom. The molecule has 0 atom stereocenters. The van der Waals surface area contributed by atoms with Crippen LogP contribution in [0.1, 0.15) is 10.4 Å². The van der Waals surface area contributed by atoms with Gasteiger partial charge in [0, 0.05) is 17.4 Å². The van der Waals surface area contributed by atoms with Crippen LogP contribution in [0, 0.1) is 0 Å². The molecule has 2 aromatic carbocycles. The number of hydrogen-bond acceptors (Lipinski definition) is 4. The van der Waals surface area contributed by atoms with Crippen molar-refractivity contribution in [3.05, 3.63) is 76.5 Å². The van der Waals surface area contributed by atoms with Gasteiger partial charge in [-0.3, -0.25) is 4.79 Å². The molecule has 1 heterocycles. The number of amides is 1. The minimum atomic E-state index is -0.607. The van der Waals surface area contributed by atoms with E-state index in [0.29, 0.717) is 21.3 Å². The molecule has 0 radical (unpaired) electrons. The lowest BCUT2D eigenvalue weighted by atomic mass is 10.2. The molecule has 0 saturated heterocycles. The van der Waals surface area contributed by atoms with Crippen molar-refractivity contribution in [1.82, 2.24) is 9.78 Å². The number of carbonyl (C=O) groups is 2. The first-order valence-corrected chi connectivity index (χ1v) is 8.30. The van der Waals surface area contributed by atoms with E-state index in [1.165, 1.54) is 6.07 Å². The smallest absolute Gasteiger partial charge is 0.338 e. The molecule has 8 heteroatoms. The maximum absolute atomic E-state index is 12.0. The largest absolute Gasteiger partial charge is 0.452 e. The highest BCUT2D eigenvalue weighted by atomic mass is 35.5. The van der Waals surface area contributed by atoms with E-state index in [-0.39, 0.29) is 0 Å². The molecule has 1 amide bonds. The average molecular weight is 390 g/mol. The molecular weight excluding hydrogens is 377 g/mol. The standard InChI is InChI=1S/C18H13Cl2N3O3/c19-13-4-7-15(20)16(10-13)22-17(24)11-26-18(25)12-2-5-14(6-3-12)23-9-1-8-21-23/h1-10H,11H2,(H,22,24). The first-order chi connectivity index (χ1) is 12.5. The van der Waals surface area contributed by atoms with Crippen molar-refractivity contribution in [1.29, 1.82) is 0 Å². The molecule has 0 fully saturated rings. The van der Waals surface area contributed by atoms with Crippen LogP contribution in [0.15, 0.2) is 60.9 Å². The molecule has 26 heavy (non-hydrogen) atoms. The second-order valence-corrected chi connectivity index (χ2v) is 6.09. The molecule has 6 nitrogen and oxygen atoms in total. The third-order valence-electron chi connectivity index (χ3n) is 3.41. The molecule has 0 aliphatic rings. The lowest BCUT2D eigenvalue weighted by molar-refractivity contribution is -0.119. The quantitative estimate of drug-likeness (QED) is 0.669. The fourth-order valence-corrected chi connectivity index (χ4v) is 2.50. The summed E-state index contributed by atoms with van der Waals surface area (Å²) in [5.41, 5.74) is 1.48. The van der Waals surface area contributed by atoms with Crippen molar-refractivity contribution in [2.75, 3.05) is 11.9 Å². The van der Waals surface area contributed by atoms with Crippen LogP contribution in [0.4, 0.5) is 5.69 Å². The Labute approximate surface area is 159 Å². The third kappa shape index (κ3) is 4.41. The van der Waals surface area contributed by atoms with Gasteiger partial charge in [-0.05, 0) is 48.5 Å². The van der Waals surface area contributed by atoms with E-state index in [1.54, 1.807) is 59.5 Å². The van der Waals surface area contributed by atoms with Crippen molar-refractivity contribution in [3.63, 3.8) is 0 Å². The normalized spacial score (nSPS) is 10.4. The maximum Gasteiger partial charge on any atom is 0.338 e. The number of ether oxygens (including phenoxy) is 1. The number of aromatic nitrogens is 2. The molecular formula is C18H13Cl2N3O3. The molecule has 0 aliphatic carbocycles. The van der Waals surface area contributed by atoms with Gasteiger partial charge in [-0.1, -0.05) is 23.2 Å². The molecule has 1 aromatic heterocycles. The fraction of sp³-hybridized carbons (Fsp3) is 0.0556. The molecule has 0 spiro atoms. The summed E-state index contributed by atoms with van der Waals surface area (Å²) in [5, 5.41) is 7.41. The third-order valence-corrected chi connectivity index (χ3v) is 3.97. The number of anilines is 1. The van der Waals surface area contributed by atoms with Crippen molar-refractivity contribution in [2.45, 2.75) is 0 Å². The highest BCUT2D eigenvalue weighted by Crippen LogP contribution is 2.25. The molecule has 3 rings (SSSR count). The molecule has 1 N–H and O–H groups in total. The lowest BCUT2D eigenvalue weighted by Crippen LogP contribution is -2.21. The number of nitrogens with zero attached hydrogens (tertiary/aromatic N) is 2. The van der Waals surface area contributed by atoms with Gasteiger partial charge in [-0.2, -0.15) is 5.10 Å². The fourth-order valence-electron chi connectivity index (χ4n) is 2.17. The van der Waals surface area contributed by atoms with E-state index in [1.807, 2.05) is 0 Å². The van der Waals surface area contributed by atoms with Crippen LogP contribution in [0.5, 0.6) is 0 Å². The number of halogens is 2. The van der Waals surface area contributed by atoms with Gasteiger partial charge in [0.05, 0.1) is 22.0 Å². The van der Waals surface area contributed by atoms with Gasteiger partial charge in [0.1, 0.15) is 0 Å². The number of carbonyl (C=O) groups excluding carboxylic acids is 2. The first kappa shape index (κ1) is 18.0. The van der Waals surface area contributed by atoms with Crippen molar-refractivity contribution in [2.24, 2.45) is 0 Å². The van der Waals surface area contributed by atoms with Crippen LogP contribution in [-0.4, -0.2) is 28.3 Å². The average Bonchev–Trinajstić information content (AvgIpc) is 3.17. The molecule has 132 valence electrons. The zero-order valence-electron chi connectivity index (χ0n) is 13.4. The zero-order valence-corrected chi connectivity index (χ0v) is 14.9. The summed E-state index contributed by atoms with van der Waals surface area (Å²) in [6.45, 7) is -0.442. The van der Waals surface area contributed by atoms with Gasteiger partial charge >= 0.3 is 5.97 Å². The monoisotopic (exact) mass is 389 g/mol.